The van der Waals surface area contributed by atoms with E-state index in [-0.39, 0.29) is 17.5 Å². The highest BCUT2D eigenvalue weighted by molar-refractivity contribution is 5.85. The molecule has 1 aromatic heterocycles. The molecule has 1 aliphatic rings. The standard InChI is InChI=1S/C16H18FN5O3/c1-24-13-4-2-3-11(14(13)23)9-19-21-16-18-10-12(17)15(20-16)22-5-7-25-8-6-22/h2-4,9-10,23H,5-8H2,1H3,(H,18,20,21)/b19-9-. The van der Waals surface area contributed by atoms with Crippen molar-refractivity contribution in [1.82, 2.24) is 9.97 Å². The third-order valence-electron chi connectivity index (χ3n) is 3.65. The molecule has 1 fully saturated rings. The molecule has 0 aliphatic carbocycles. The first-order chi connectivity index (χ1) is 12.2. The highest BCUT2D eigenvalue weighted by Gasteiger charge is 2.17. The quantitative estimate of drug-likeness (QED) is 0.627. The number of morpholine rings is 1. The number of hydrazone groups is 1. The van der Waals surface area contributed by atoms with Crippen LogP contribution in [0.4, 0.5) is 16.2 Å². The summed E-state index contributed by atoms with van der Waals surface area (Å²) in [6.07, 6.45) is 2.50. The molecular formula is C16H18FN5O3. The Labute approximate surface area is 143 Å². The van der Waals surface area contributed by atoms with Gasteiger partial charge < -0.3 is 19.5 Å². The number of phenols is 1. The number of methoxy groups -OCH3 is 1. The monoisotopic (exact) mass is 347 g/mol. The summed E-state index contributed by atoms with van der Waals surface area (Å²) in [4.78, 5) is 9.82. The van der Waals surface area contributed by atoms with Gasteiger partial charge in [0.15, 0.2) is 23.1 Å². The summed E-state index contributed by atoms with van der Waals surface area (Å²) in [5.74, 6) is 0.185. The van der Waals surface area contributed by atoms with Crippen LogP contribution >= 0.6 is 0 Å². The molecule has 1 aliphatic heterocycles. The van der Waals surface area contributed by atoms with Crippen LogP contribution in [-0.2, 0) is 4.74 Å². The van der Waals surface area contributed by atoms with E-state index in [1.54, 1.807) is 23.1 Å². The molecule has 0 atom stereocenters. The van der Waals surface area contributed by atoms with Crippen LogP contribution in [0, 0.1) is 5.82 Å². The molecule has 0 unspecified atom stereocenters. The van der Waals surface area contributed by atoms with Crippen molar-refractivity contribution >= 4 is 18.0 Å². The number of ether oxygens (including phenoxy) is 2. The first-order valence-corrected chi connectivity index (χ1v) is 7.69. The molecule has 2 heterocycles. The van der Waals surface area contributed by atoms with Gasteiger partial charge in [0.25, 0.3) is 0 Å². The molecule has 0 radical (unpaired) electrons. The Morgan fingerprint density at radius 1 is 1.40 bits per heavy atom. The van der Waals surface area contributed by atoms with Crippen molar-refractivity contribution in [2.45, 2.75) is 0 Å². The maximum Gasteiger partial charge on any atom is 0.245 e. The van der Waals surface area contributed by atoms with Crippen LogP contribution in [0.25, 0.3) is 0 Å². The van der Waals surface area contributed by atoms with E-state index in [0.717, 1.165) is 6.20 Å². The van der Waals surface area contributed by atoms with Crippen LogP contribution in [0.1, 0.15) is 5.56 Å². The zero-order valence-corrected chi connectivity index (χ0v) is 13.6. The summed E-state index contributed by atoms with van der Waals surface area (Å²) < 4.78 is 24.2. The lowest BCUT2D eigenvalue weighted by Gasteiger charge is -2.27. The lowest BCUT2D eigenvalue weighted by Crippen LogP contribution is -2.37. The normalized spacial score (nSPS) is 14.7. The molecule has 9 heteroatoms. The zero-order valence-electron chi connectivity index (χ0n) is 13.6. The average molecular weight is 347 g/mol. The second-order valence-electron chi connectivity index (χ2n) is 5.23. The smallest absolute Gasteiger partial charge is 0.245 e. The molecular weight excluding hydrogens is 329 g/mol. The molecule has 25 heavy (non-hydrogen) atoms. The van der Waals surface area contributed by atoms with Gasteiger partial charge in [0.05, 0.1) is 32.7 Å². The second-order valence-corrected chi connectivity index (χ2v) is 5.23. The van der Waals surface area contributed by atoms with E-state index in [1.807, 2.05) is 0 Å². The van der Waals surface area contributed by atoms with E-state index in [2.05, 4.69) is 20.5 Å². The van der Waals surface area contributed by atoms with Gasteiger partial charge in [0.1, 0.15) is 0 Å². The number of phenolic OH excluding ortho intramolecular Hbond substituents is 1. The lowest BCUT2D eigenvalue weighted by atomic mass is 10.2. The van der Waals surface area contributed by atoms with Gasteiger partial charge in [-0.2, -0.15) is 10.1 Å². The summed E-state index contributed by atoms with van der Waals surface area (Å²) in [5, 5.41) is 14.0. The number of aromatic nitrogens is 2. The summed E-state index contributed by atoms with van der Waals surface area (Å²) in [6, 6.07) is 5.04. The van der Waals surface area contributed by atoms with Gasteiger partial charge in [-0.05, 0) is 12.1 Å². The minimum atomic E-state index is -0.498. The molecule has 2 N–H and O–H groups in total. The number of aromatic hydroxyl groups is 1. The van der Waals surface area contributed by atoms with Crippen molar-refractivity contribution in [1.29, 1.82) is 0 Å². The minimum Gasteiger partial charge on any atom is -0.504 e. The Balaban J connectivity index is 1.73. The second kappa shape index (κ2) is 7.75. The summed E-state index contributed by atoms with van der Waals surface area (Å²) in [7, 11) is 1.47. The van der Waals surface area contributed by atoms with Gasteiger partial charge in [0, 0.05) is 18.7 Å². The van der Waals surface area contributed by atoms with Gasteiger partial charge in [-0.25, -0.2) is 14.8 Å². The van der Waals surface area contributed by atoms with Crippen molar-refractivity contribution in [3.63, 3.8) is 0 Å². The van der Waals surface area contributed by atoms with Crippen LogP contribution in [0.5, 0.6) is 11.5 Å². The van der Waals surface area contributed by atoms with Crippen LogP contribution in [0.15, 0.2) is 29.5 Å². The number of anilines is 2. The molecule has 0 amide bonds. The Morgan fingerprint density at radius 2 is 2.20 bits per heavy atom. The average Bonchev–Trinajstić information content (AvgIpc) is 2.65. The summed E-state index contributed by atoms with van der Waals surface area (Å²) in [6.45, 7) is 2.18. The van der Waals surface area contributed by atoms with Gasteiger partial charge in [0.2, 0.25) is 5.95 Å². The number of benzene rings is 1. The highest BCUT2D eigenvalue weighted by atomic mass is 19.1. The highest BCUT2D eigenvalue weighted by Crippen LogP contribution is 2.28. The van der Waals surface area contributed by atoms with Crippen LogP contribution < -0.4 is 15.1 Å². The number of nitrogens with one attached hydrogen (secondary N) is 1. The molecule has 1 saturated heterocycles. The van der Waals surface area contributed by atoms with Gasteiger partial charge in [-0.3, -0.25) is 0 Å². The third kappa shape index (κ3) is 3.94. The van der Waals surface area contributed by atoms with E-state index >= 15 is 0 Å². The first kappa shape index (κ1) is 16.9. The van der Waals surface area contributed by atoms with Crippen molar-refractivity contribution in [3.8, 4) is 11.5 Å². The molecule has 3 rings (SSSR count). The van der Waals surface area contributed by atoms with Crippen molar-refractivity contribution < 1.29 is 19.0 Å². The summed E-state index contributed by atoms with van der Waals surface area (Å²) >= 11 is 0. The predicted octanol–water partition coefficient (Wildman–Crippen LogP) is 1.61. The van der Waals surface area contributed by atoms with Crippen LogP contribution in [-0.4, -0.2) is 54.7 Å². The number of para-hydroxylation sites is 1. The molecule has 0 spiro atoms. The number of hydrogen-bond donors (Lipinski definition) is 2. The maximum absolute atomic E-state index is 14.0. The third-order valence-corrected chi connectivity index (χ3v) is 3.65. The van der Waals surface area contributed by atoms with E-state index in [1.165, 1.54) is 13.3 Å². The Morgan fingerprint density at radius 3 is 2.96 bits per heavy atom. The van der Waals surface area contributed by atoms with Crippen LogP contribution in [0.2, 0.25) is 0 Å². The van der Waals surface area contributed by atoms with Gasteiger partial charge >= 0.3 is 0 Å². The first-order valence-electron chi connectivity index (χ1n) is 7.69. The SMILES string of the molecule is COc1cccc(/C=N\Nc2ncc(F)c(N3CCOCC3)n2)c1O. The lowest BCUT2D eigenvalue weighted by molar-refractivity contribution is 0.122. The topological polar surface area (TPSA) is 92.1 Å². The number of halogens is 1. The molecule has 2 aromatic rings. The fraction of sp³-hybridized carbons (Fsp3) is 0.312. The Hall–Kier alpha value is -2.94. The number of nitrogens with zero attached hydrogens (tertiary/aromatic N) is 4. The van der Waals surface area contributed by atoms with E-state index in [4.69, 9.17) is 9.47 Å². The number of rotatable bonds is 5. The Bertz CT molecular complexity index is 765. The van der Waals surface area contributed by atoms with Crippen molar-refractivity contribution in [2.24, 2.45) is 5.10 Å². The largest absolute Gasteiger partial charge is 0.504 e. The molecule has 0 bridgehead atoms. The maximum atomic E-state index is 14.0. The number of hydrogen-bond acceptors (Lipinski definition) is 8. The van der Waals surface area contributed by atoms with Crippen molar-refractivity contribution in [2.75, 3.05) is 43.7 Å². The van der Waals surface area contributed by atoms with Gasteiger partial charge in [-0.1, -0.05) is 6.07 Å². The minimum absolute atomic E-state index is 0.0235. The predicted molar refractivity (Wildman–Crippen MR) is 90.9 cm³/mol. The fourth-order valence-corrected chi connectivity index (χ4v) is 2.38. The van der Waals surface area contributed by atoms with Crippen LogP contribution in [0.3, 0.4) is 0 Å². The van der Waals surface area contributed by atoms with E-state index in [0.29, 0.717) is 37.6 Å². The van der Waals surface area contributed by atoms with Crippen molar-refractivity contribution in [3.05, 3.63) is 35.8 Å². The summed E-state index contributed by atoms with van der Waals surface area (Å²) in [5.41, 5.74) is 3.10. The van der Waals surface area contributed by atoms with Gasteiger partial charge in [-0.15, -0.1) is 0 Å². The van der Waals surface area contributed by atoms with E-state index in [9.17, 15) is 9.50 Å². The molecule has 132 valence electrons. The fourth-order valence-electron chi connectivity index (χ4n) is 2.38. The molecule has 8 nitrogen and oxygen atoms in total. The van der Waals surface area contributed by atoms with E-state index < -0.39 is 5.82 Å². The molecule has 1 aromatic carbocycles. The zero-order chi connectivity index (χ0) is 17.6. The molecule has 0 saturated carbocycles. The Kier molecular flexibility index (Phi) is 5.24.